The number of rotatable bonds is 11. The van der Waals surface area contributed by atoms with Gasteiger partial charge in [-0.15, -0.1) is 0 Å². The summed E-state index contributed by atoms with van der Waals surface area (Å²) in [5, 5.41) is 2.82. The van der Waals surface area contributed by atoms with Crippen molar-refractivity contribution in [2.24, 2.45) is 0 Å². The summed E-state index contributed by atoms with van der Waals surface area (Å²) in [4.78, 5) is 27.2. The van der Waals surface area contributed by atoms with E-state index in [1.165, 1.54) is 0 Å². The first-order chi connectivity index (χ1) is 14.0. The number of ether oxygens (including phenoxy) is 2. The van der Waals surface area contributed by atoms with Crippen molar-refractivity contribution in [3.05, 3.63) is 65.7 Å². The molecule has 0 saturated carbocycles. The predicted octanol–water partition coefficient (Wildman–Crippen LogP) is 2.81. The van der Waals surface area contributed by atoms with Gasteiger partial charge >= 0.3 is 0 Å². The van der Waals surface area contributed by atoms with Crippen LogP contribution in [0, 0.1) is 0 Å². The largest absolute Gasteiger partial charge is 0.497 e. The van der Waals surface area contributed by atoms with Crippen LogP contribution in [0.4, 0.5) is 0 Å². The molecule has 0 saturated heterocycles. The molecule has 0 aliphatic heterocycles. The van der Waals surface area contributed by atoms with Gasteiger partial charge in [-0.2, -0.15) is 0 Å². The lowest BCUT2D eigenvalue weighted by Crippen LogP contribution is -2.48. The smallest absolute Gasteiger partial charge is 0.242 e. The van der Waals surface area contributed by atoms with Crippen LogP contribution in [-0.4, -0.2) is 50.1 Å². The summed E-state index contributed by atoms with van der Waals surface area (Å²) < 4.78 is 10.2. The zero-order chi connectivity index (χ0) is 21.1. The van der Waals surface area contributed by atoms with E-state index in [9.17, 15) is 9.59 Å². The van der Waals surface area contributed by atoms with Crippen LogP contribution in [0.3, 0.4) is 0 Å². The van der Waals surface area contributed by atoms with Crippen LogP contribution in [0.1, 0.15) is 24.5 Å². The molecule has 6 heteroatoms. The lowest BCUT2D eigenvalue weighted by Gasteiger charge is -2.29. The highest BCUT2D eigenvalue weighted by molar-refractivity contribution is 5.87. The molecular weight excluding hydrogens is 368 g/mol. The molecule has 0 bridgehead atoms. The standard InChI is InChI=1S/C23H30N2O4/c1-18(23(27)24-15-16-28-2)25(17-20-9-12-21(29-3)13-10-20)22(26)14-11-19-7-5-4-6-8-19/h4-10,12-13,18H,11,14-17H2,1-3H3,(H,24,27)/t18-/m1/s1. The molecule has 0 unspecified atom stereocenters. The van der Waals surface area contributed by atoms with E-state index in [-0.39, 0.29) is 11.8 Å². The Bertz CT molecular complexity index is 762. The third-order valence-corrected chi connectivity index (χ3v) is 4.76. The van der Waals surface area contributed by atoms with Gasteiger partial charge in [0.2, 0.25) is 11.8 Å². The highest BCUT2D eigenvalue weighted by Crippen LogP contribution is 2.16. The number of aryl methyl sites for hydroxylation is 1. The van der Waals surface area contributed by atoms with Crippen molar-refractivity contribution in [1.82, 2.24) is 10.2 Å². The van der Waals surface area contributed by atoms with Crippen LogP contribution < -0.4 is 10.1 Å². The minimum atomic E-state index is -0.586. The van der Waals surface area contributed by atoms with Gasteiger partial charge < -0.3 is 19.7 Å². The maximum Gasteiger partial charge on any atom is 0.242 e. The molecule has 0 aliphatic carbocycles. The predicted molar refractivity (Wildman–Crippen MR) is 113 cm³/mol. The number of hydrogen-bond acceptors (Lipinski definition) is 4. The lowest BCUT2D eigenvalue weighted by atomic mass is 10.1. The van der Waals surface area contributed by atoms with Gasteiger partial charge in [-0.1, -0.05) is 42.5 Å². The van der Waals surface area contributed by atoms with E-state index in [1.807, 2.05) is 54.6 Å². The molecule has 29 heavy (non-hydrogen) atoms. The van der Waals surface area contributed by atoms with E-state index >= 15 is 0 Å². The summed E-state index contributed by atoms with van der Waals surface area (Å²) in [6.07, 6.45) is 0.979. The van der Waals surface area contributed by atoms with E-state index in [1.54, 1.807) is 26.0 Å². The van der Waals surface area contributed by atoms with Crippen LogP contribution in [0.2, 0.25) is 0 Å². The zero-order valence-electron chi connectivity index (χ0n) is 17.4. The first-order valence-corrected chi connectivity index (χ1v) is 9.78. The molecule has 0 spiro atoms. The molecule has 1 N–H and O–H groups in total. The first kappa shape index (κ1) is 22.4. The molecule has 0 heterocycles. The summed E-state index contributed by atoms with van der Waals surface area (Å²) in [5.74, 6) is 0.503. The first-order valence-electron chi connectivity index (χ1n) is 9.78. The van der Waals surface area contributed by atoms with Crippen molar-refractivity contribution < 1.29 is 19.1 Å². The van der Waals surface area contributed by atoms with Crippen LogP contribution in [0.25, 0.3) is 0 Å². The number of carbonyl (C=O) groups is 2. The quantitative estimate of drug-likeness (QED) is 0.591. The SMILES string of the molecule is COCCNC(=O)[C@@H](C)N(Cc1ccc(OC)cc1)C(=O)CCc1ccccc1. The second-order valence-corrected chi connectivity index (χ2v) is 6.82. The second-order valence-electron chi connectivity index (χ2n) is 6.82. The van der Waals surface area contributed by atoms with Crippen molar-refractivity contribution in [3.63, 3.8) is 0 Å². The Kier molecular flexibility index (Phi) is 9.18. The van der Waals surface area contributed by atoms with Gasteiger partial charge in [0.25, 0.3) is 0 Å². The molecule has 0 aromatic heterocycles. The Morgan fingerprint density at radius 3 is 2.31 bits per heavy atom. The van der Waals surface area contributed by atoms with Crippen LogP contribution >= 0.6 is 0 Å². The van der Waals surface area contributed by atoms with Gasteiger partial charge in [0.05, 0.1) is 13.7 Å². The van der Waals surface area contributed by atoms with Crippen LogP contribution in [0.5, 0.6) is 5.75 Å². The Morgan fingerprint density at radius 1 is 1.00 bits per heavy atom. The number of methoxy groups -OCH3 is 2. The molecule has 0 radical (unpaired) electrons. The normalized spacial score (nSPS) is 11.6. The fraction of sp³-hybridized carbons (Fsp3) is 0.391. The maximum absolute atomic E-state index is 13.0. The van der Waals surface area contributed by atoms with Crippen molar-refractivity contribution in [1.29, 1.82) is 0 Å². The number of amides is 2. The molecule has 2 amide bonds. The average molecular weight is 399 g/mol. The number of nitrogens with zero attached hydrogens (tertiary/aromatic N) is 1. The molecule has 6 nitrogen and oxygen atoms in total. The fourth-order valence-corrected chi connectivity index (χ4v) is 2.97. The van der Waals surface area contributed by atoms with Gasteiger partial charge in [0.15, 0.2) is 0 Å². The van der Waals surface area contributed by atoms with Gasteiger partial charge in [-0.25, -0.2) is 0 Å². The number of benzene rings is 2. The van der Waals surface area contributed by atoms with E-state index in [0.29, 0.717) is 32.5 Å². The van der Waals surface area contributed by atoms with E-state index in [4.69, 9.17) is 9.47 Å². The van der Waals surface area contributed by atoms with E-state index < -0.39 is 6.04 Å². The van der Waals surface area contributed by atoms with Crippen molar-refractivity contribution in [2.45, 2.75) is 32.4 Å². The van der Waals surface area contributed by atoms with Crippen molar-refractivity contribution in [2.75, 3.05) is 27.4 Å². The van der Waals surface area contributed by atoms with E-state index in [2.05, 4.69) is 5.32 Å². The third-order valence-electron chi connectivity index (χ3n) is 4.76. The molecular formula is C23H30N2O4. The van der Waals surface area contributed by atoms with E-state index in [0.717, 1.165) is 16.9 Å². The molecule has 0 fully saturated rings. The summed E-state index contributed by atoms with van der Waals surface area (Å²) in [7, 11) is 3.19. The minimum Gasteiger partial charge on any atom is -0.497 e. The number of carbonyl (C=O) groups excluding carboxylic acids is 2. The molecule has 2 aromatic rings. The Hall–Kier alpha value is -2.86. The van der Waals surface area contributed by atoms with Crippen LogP contribution in [-0.2, 0) is 27.3 Å². The summed E-state index contributed by atoms with van der Waals surface area (Å²) >= 11 is 0. The number of nitrogens with one attached hydrogen (secondary N) is 1. The highest BCUT2D eigenvalue weighted by atomic mass is 16.5. The topological polar surface area (TPSA) is 67.9 Å². The van der Waals surface area contributed by atoms with Gasteiger partial charge in [-0.3, -0.25) is 9.59 Å². The van der Waals surface area contributed by atoms with Gasteiger partial charge in [0, 0.05) is 26.6 Å². The minimum absolute atomic E-state index is 0.0564. The molecule has 156 valence electrons. The van der Waals surface area contributed by atoms with Crippen molar-refractivity contribution in [3.8, 4) is 5.75 Å². The average Bonchev–Trinajstić information content (AvgIpc) is 2.76. The summed E-state index contributed by atoms with van der Waals surface area (Å²) in [6.45, 7) is 2.95. The summed E-state index contributed by atoms with van der Waals surface area (Å²) in [5.41, 5.74) is 2.04. The Balaban J connectivity index is 2.09. The van der Waals surface area contributed by atoms with Crippen molar-refractivity contribution >= 4 is 11.8 Å². The second kappa shape index (κ2) is 11.9. The Morgan fingerprint density at radius 2 is 1.69 bits per heavy atom. The highest BCUT2D eigenvalue weighted by Gasteiger charge is 2.25. The molecule has 2 rings (SSSR count). The lowest BCUT2D eigenvalue weighted by molar-refractivity contribution is -0.140. The number of hydrogen-bond donors (Lipinski definition) is 1. The molecule has 2 aromatic carbocycles. The Labute approximate surface area is 172 Å². The molecule has 1 atom stereocenters. The monoisotopic (exact) mass is 398 g/mol. The fourth-order valence-electron chi connectivity index (χ4n) is 2.97. The summed E-state index contributed by atoms with van der Waals surface area (Å²) in [6, 6.07) is 16.8. The van der Waals surface area contributed by atoms with Crippen LogP contribution in [0.15, 0.2) is 54.6 Å². The zero-order valence-corrected chi connectivity index (χ0v) is 17.4. The third kappa shape index (κ3) is 7.23. The van der Waals surface area contributed by atoms with Gasteiger partial charge in [-0.05, 0) is 36.6 Å². The van der Waals surface area contributed by atoms with Gasteiger partial charge in [0.1, 0.15) is 11.8 Å². The maximum atomic E-state index is 13.0. The molecule has 0 aliphatic rings.